The van der Waals surface area contributed by atoms with Gasteiger partial charge in [-0.05, 0) is 0 Å². The van der Waals surface area contributed by atoms with Gasteiger partial charge in [-0.25, -0.2) is 0 Å². The van der Waals surface area contributed by atoms with Crippen molar-refractivity contribution < 1.29 is 5.11 Å². The topological polar surface area (TPSA) is 20.2 Å². The number of allylic oxidation sites excluding steroid dienone is 1. The SMILES string of the molecule is C=C(O)C1CI(c2ccccc2)C[C@H]1CC. The molecule has 0 amide bonds. The Morgan fingerprint density at radius 2 is 2.06 bits per heavy atom. The molecule has 0 saturated carbocycles. The molecule has 0 spiro atoms. The van der Waals surface area contributed by atoms with Crippen molar-refractivity contribution in [1.82, 2.24) is 0 Å². The quantitative estimate of drug-likeness (QED) is 0.503. The fourth-order valence-electron chi connectivity index (χ4n) is 2.26. The standard InChI is InChI=1S/C14H19IO/c1-3-12-9-15(10-14(12)11(2)16)13-7-5-4-6-8-13/h4-8,12,14,16H,2-3,9-10H2,1H3/t12-,14?/m1/s1. The number of alkyl halides is 2. The van der Waals surface area contributed by atoms with E-state index in [0.29, 0.717) is 17.6 Å². The van der Waals surface area contributed by atoms with Crippen molar-refractivity contribution in [2.75, 3.05) is 8.86 Å². The number of rotatable bonds is 3. The summed E-state index contributed by atoms with van der Waals surface area (Å²) < 4.78 is 4.12. The Labute approximate surface area is 105 Å². The molecule has 16 heavy (non-hydrogen) atoms. The van der Waals surface area contributed by atoms with E-state index in [1.54, 1.807) is 3.57 Å². The molecule has 1 N–H and O–H groups in total. The molecule has 88 valence electrons. The maximum absolute atomic E-state index is 9.65. The third-order valence-corrected chi connectivity index (χ3v) is 9.99. The third kappa shape index (κ3) is 2.42. The van der Waals surface area contributed by atoms with Crippen LogP contribution in [0.3, 0.4) is 0 Å². The first-order chi connectivity index (χ1) is 7.72. The second-order valence-electron chi connectivity index (χ2n) is 4.33. The summed E-state index contributed by atoms with van der Waals surface area (Å²) in [5.74, 6) is 1.46. The number of aliphatic hydroxyl groups excluding tert-OH is 1. The van der Waals surface area contributed by atoms with Crippen molar-refractivity contribution in [2.24, 2.45) is 11.8 Å². The van der Waals surface area contributed by atoms with Gasteiger partial charge in [-0.15, -0.1) is 0 Å². The van der Waals surface area contributed by atoms with Crippen LogP contribution < -0.4 is 0 Å². The van der Waals surface area contributed by atoms with Crippen molar-refractivity contribution in [3.8, 4) is 0 Å². The molecule has 0 aromatic heterocycles. The molecular weight excluding hydrogens is 311 g/mol. The Bertz CT molecular complexity index is 360. The van der Waals surface area contributed by atoms with E-state index in [1.165, 1.54) is 15.3 Å². The van der Waals surface area contributed by atoms with Gasteiger partial charge in [0.2, 0.25) is 0 Å². The number of aliphatic hydroxyl groups is 1. The van der Waals surface area contributed by atoms with Crippen LogP contribution in [0.25, 0.3) is 0 Å². The molecule has 1 unspecified atom stereocenters. The number of halogens is 1. The van der Waals surface area contributed by atoms with Crippen LogP contribution in [-0.2, 0) is 0 Å². The number of benzene rings is 1. The van der Waals surface area contributed by atoms with Crippen LogP contribution in [0.1, 0.15) is 13.3 Å². The zero-order chi connectivity index (χ0) is 11.5. The van der Waals surface area contributed by atoms with Crippen LogP contribution in [0, 0.1) is 15.4 Å². The fraction of sp³-hybridized carbons (Fsp3) is 0.429. The van der Waals surface area contributed by atoms with Crippen molar-refractivity contribution in [3.05, 3.63) is 46.2 Å². The second kappa shape index (κ2) is 5.21. The zero-order valence-corrected chi connectivity index (χ0v) is 11.9. The number of hydrogen-bond donors (Lipinski definition) is 1. The molecule has 0 radical (unpaired) electrons. The summed E-state index contributed by atoms with van der Waals surface area (Å²) in [5.41, 5.74) is 0. The molecule has 1 saturated heterocycles. The molecular formula is C14H19IO. The van der Waals surface area contributed by atoms with E-state index in [2.05, 4.69) is 43.8 Å². The minimum absolute atomic E-state index is 0.371. The Balaban J connectivity index is 2.14. The summed E-state index contributed by atoms with van der Waals surface area (Å²) in [6, 6.07) is 10.9. The molecule has 2 heteroatoms. The minimum atomic E-state index is -1.03. The summed E-state index contributed by atoms with van der Waals surface area (Å²) >= 11 is -1.03. The summed E-state index contributed by atoms with van der Waals surface area (Å²) in [7, 11) is 0. The maximum atomic E-state index is 9.65. The predicted octanol–water partition coefficient (Wildman–Crippen LogP) is 4.09. The van der Waals surface area contributed by atoms with Gasteiger partial charge in [-0.1, -0.05) is 0 Å². The Morgan fingerprint density at radius 3 is 2.56 bits per heavy atom. The average molecular weight is 330 g/mol. The predicted molar refractivity (Wildman–Crippen MR) is 77.9 cm³/mol. The van der Waals surface area contributed by atoms with Gasteiger partial charge in [0, 0.05) is 0 Å². The fourth-order valence-corrected chi connectivity index (χ4v) is 10.0. The van der Waals surface area contributed by atoms with Gasteiger partial charge in [0.1, 0.15) is 0 Å². The third-order valence-electron chi connectivity index (χ3n) is 3.30. The van der Waals surface area contributed by atoms with E-state index in [1.807, 2.05) is 0 Å². The first-order valence-corrected chi connectivity index (χ1v) is 9.90. The zero-order valence-electron chi connectivity index (χ0n) is 9.70. The van der Waals surface area contributed by atoms with Crippen LogP contribution in [0.4, 0.5) is 0 Å². The molecule has 1 heterocycles. The molecule has 1 aliphatic rings. The molecule has 1 aliphatic heterocycles. The molecule has 1 aromatic carbocycles. The van der Waals surface area contributed by atoms with Gasteiger partial charge in [-0.3, -0.25) is 0 Å². The van der Waals surface area contributed by atoms with Gasteiger partial charge >= 0.3 is 105 Å². The molecule has 2 rings (SSSR count). The summed E-state index contributed by atoms with van der Waals surface area (Å²) in [5, 5.41) is 9.65. The summed E-state index contributed by atoms with van der Waals surface area (Å²) in [4.78, 5) is 0. The van der Waals surface area contributed by atoms with Gasteiger partial charge in [-0.2, -0.15) is 0 Å². The van der Waals surface area contributed by atoms with Crippen molar-refractivity contribution in [1.29, 1.82) is 0 Å². The molecule has 1 fully saturated rings. The van der Waals surface area contributed by atoms with Gasteiger partial charge in [0.05, 0.1) is 0 Å². The Kier molecular flexibility index (Phi) is 3.90. The van der Waals surface area contributed by atoms with Crippen LogP contribution >= 0.6 is 19.8 Å². The average Bonchev–Trinajstić information content (AvgIpc) is 2.74. The van der Waals surface area contributed by atoms with Crippen molar-refractivity contribution in [3.63, 3.8) is 0 Å². The van der Waals surface area contributed by atoms with Gasteiger partial charge < -0.3 is 0 Å². The molecule has 1 aromatic rings. The molecule has 0 bridgehead atoms. The molecule has 0 aliphatic carbocycles. The first-order valence-electron chi connectivity index (χ1n) is 5.77. The summed E-state index contributed by atoms with van der Waals surface area (Å²) in [6.07, 6.45) is 1.17. The van der Waals surface area contributed by atoms with E-state index >= 15 is 0 Å². The van der Waals surface area contributed by atoms with Gasteiger partial charge in [0.25, 0.3) is 0 Å². The normalized spacial score (nSPS) is 26.9. The van der Waals surface area contributed by atoms with Crippen molar-refractivity contribution >= 4 is 19.8 Å². The van der Waals surface area contributed by atoms with Crippen LogP contribution in [0.2, 0.25) is 0 Å². The van der Waals surface area contributed by atoms with E-state index in [0.717, 1.165) is 0 Å². The second-order valence-corrected chi connectivity index (χ2v) is 9.94. The summed E-state index contributed by atoms with van der Waals surface area (Å²) in [6.45, 7) is 5.97. The Hall–Kier alpha value is -0.510. The van der Waals surface area contributed by atoms with Gasteiger partial charge in [0.15, 0.2) is 0 Å². The monoisotopic (exact) mass is 330 g/mol. The first kappa shape index (κ1) is 12.0. The van der Waals surface area contributed by atoms with E-state index < -0.39 is 19.8 Å². The number of hydrogen-bond acceptors (Lipinski definition) is 1. The van der Waals surface area contributed by atoms with E-state index in [-0.39, 0.29) is 0 Å². The van der Waals surface area contributed by atoms with Crippen LogP contribution in [0.15, 0.2) is 42.7 Å². The van der Waals surface area contributed by atoms with Crippen LogP contribution in [0.5, 0.6) is 0 Å². The van der Waals surface area contributed by atoms with E-state index in [4.69, 9.17) is 0 Å². The Morgan fingerprint density at radius 1 is 1.38 bits per heavy atom. The van der Waals surface area contributed by atoms with Crippen LogP contribution in [-0.4, -0.2) is 14.0 Å². The van der Waals surface area contributed by atoms with Crippen molar-refractivity contribution in [2.45, 2.75) is 13.3 Å². The van der Waals surface area contributed by atoms with E-state index in [9.17, 15) is 5.11 Å². The molecule has 2 atom stereocenters. The molecule has 1 nitrogen and oxygen atoms in total.